The first-order valence-electron chi connectivity index (χ1n) is 2.39. The summed E-state index contributed by atoms with van der Waals surface area (Å²) in [6.45, 7) is 9.58. The maximum absolute atomic E-state index is 3.79. The van der Waals surface area contributed by atoms with E-state index in [2.05, 4.69) is 20.8 Å². The number of hydrogen-bond acceptors (Lipinski definition) is 0. The van der Waals surface area contributed by atoms with Crippen molar-refractivity contribution >= 4 is 0 Å². The molecular formula is C6H12. The Balaban J connectivity index is 2.63. The molecule has 0 aliphatic heterocycles. The van der Waals surface area contributed by atoms with Crippen LogP contribution in [0.15, 0.2) is 0 Å². The Morgan fingerprint density at radius 3 is 2.17 bits per heavy atom. The van der Waals surface area contributed by atoms with E-state index in [0.717, 1.165) is 12.8 Å². The predicted octanol–water partition coefficient (Wildman–Crippen LogP) is 2.07. The first-order valence-corrected chi connectivity index (χ1v) is 2.39. The average Bonchev–Trinajstić information content (AvgIpc) is 1.35. The Bertz CT molecular complexity index is 21.2. The van der Waals surface area contributed by atoms with E-state index in [1.165, 1.54) is 0 Å². The predicted molar refractivity (Wildman–Crippen MR) is 29.1 cm³/mol. The van der Waals surface area contributed by atoms with Gasteiger partial charge >= 0.3 is 0 Å². The van der Waals surface area contributed by atoms with Gasteiger partial charge in [-0.3, -0.25) is 0 Å². The van der Waals surface area contributed by atoms with Gasteiger partial charge in [-0.2, -0.15) is 0 Å². The Morgan fingerprint density at radius 1 is 1.67 bits per heavy atom. The molecule has 0 heteroatoms. The molecule has 1 atom stereocenters. The molecular weight excluding hydrogens is 72.1 g/mol. The minimum atomic E-state index is 0.586. The molecule has 0 fully saturated rings. The van der Waals surface area contributed by atoms with E-state index in [1.807, 2.05) is 0 Å². The third-order valence-corrected chi connectivity index (χ3v) is 0.697. The summed E-state index contributed by atoms with van der Waals surface area (Å²) in [6.07, 6.45) is 2.17. The van der Waals surface area contributed by atoms with E-state index in [1.54, 1.807) is 0 Å². The Hall–Kier alpha value is 0. The first-order chi connectivity index (χ1) is 2.77. The summed E-state index contributed by atoms with van der Waals surface area (Å²) >= 11 is 0. The lowest BCUT2D eigenvalue weighted by Gasteiger charge is -1.95. The van der Waals surface area contributed by atoms with Gasteiger partial charge in [-0.05, 0) is 5.92 Å². The molecule has 1 unspecified atom stereocenters. The van der Waals surface area contributed by atoms with Crippen LogP contribution in [0, 0.1) is 19.8 Å². The van der Waals surface area contributed by atoms with E-state index in [-0.39, 0.29) is 0 Å². The average molecular weight is 84.2 g/mol. The maximum atomic E-state index is 3.79. The van der Waals surface area contributed by atoms with Crippen LogP contribution in [0.2, 0.25) is 0 Å². The van der Waals surface area contributed by atoms with Gasteiger partial charge in [-0.25, -0.2) is 0 Å². The van der Waals surface area contributed by atoms with Gasteiger partial charge in [-0.1, -0.05) is 33.6 Å². The van der Waals surface area contributed by atoms with Gasteiger partial charge in [0.15, 0.2) is 0 Å². The molecule has 0 rings (SSSR count). The van der Waals surface area contributed by atoms with Crippen LogP contribution in [-0.2, 0) is 0 Å². The Labute approximate surface area is 40.6 Å². The number of hydrogen-bond donors (Lipinski definition) is 0. The van der Waals surface area contributed by atoms with E-state index in [0.29, 0.717) is 5.92 Å². The summed E-state index contributed by atoms with van der Waals surface area (Å²) in [6, 6.07) is 0. The highest BCUT2D eigenvalue weighted by atomic mass is 13.9. The quantitative estimate of drug-likeness (QED) is 0.480. The third kappa shape index (κ3) is 4.00. The number of rotatable bonds is 2. The fourth-order valence-corrected chi connectivity index (χ4v) is 0.348. The molecule has 6 heavy (non-hydrogen) atoms. The molecule has 0 amide bonds. The molecule has 36 valence electrons. The molecule has 0 aromatic rings. The molecule has 0 aliphatic rings. The summed E-state index contributed by atoms with van der Waals surface area (Å²) < 4.78 is 0. The fraction of sp³-hybridized carbons (Fsp3) is 0.667. The van der Waals surface area contributed by atoms with E-state index >= 15 is 0 Å². The molecule has 0 aromatic heterocycles. The highest BCUT2D eigenvalue weighted by molar-refractivity contribution is 4.53. The van der Waals surface area contributed by atoms with Crippen LogP contribution in [0.25, 0.3) is 0 Å². The minimum Gasteiger partial charge on any atom is -0.0625 e. The lowest BCUT2D eigenvalue weighted by molar-refractivity contribution is 0.653. The summed E-state index contributed by atoms with van der Waals surface area (Å²) in [5.74, 6) is 0.586. The summed E-state index contributed by atoms with van der Waals surface area (Å²) in [4.78, 5) is 0. The zero-order chi connectivity index (χ0) is 4.99. The van der Waals surface area contributed by atoms with Gasteiger partial charge in [0.25, 0.3) is 0 Å². The smallest absolute Gasteiger partial charge is 0.0443 e. The van der Waals surface area contributed by atoms with Crippen LogP contribution in [0.1, 0.15) is 19.8 Å². The molecule has 0 aliphatic carbocycles. The lowest BCUT2D eigenvalue weighted by atomic mass is 10.1. The second kappa shape index (κ2) is 3.20. The molecule has 2 radical (unpaired) electrons. The van der Waals surface area contributed by atoms with E-state index in [9.17, 15) is 0 Å². The summed E-state index contributed by atoms with van der Waals surface area (Å²) in [5, 5.41) is 0. The first kappa shape index (κ1) is 6.00. The van der Waals surface area contributed by atoms with Crippen LogP contribution in [-0.4, -0.2) is 0 Å². The molecule has 0 spiro atoms. The zero-order valence-corrected chi connectivity index (χ0v) is 4.41. The Morgan fingerprint density at radius 2 is 2.17 bits per heavy atom. The molecule has 0 N–H and O–H groups in total. The van der Waals surface area contributed by atoms with E-state index < -0.39 is 0 Å². The van der Waals surface area contributed by atoms with Gasteiger partial charge in [0.1, 0.15) is 0 Å². The van der Waals surface area contributed by atoms with Crippen molar-refractivity contribution in [2.75, 3.05) is 0 Å². The minimum absolute atomic E-state index is 0.586. The van der Waals surface area contributed by atoms with Crippen molar-refractivity contribution in [3.8, 4) is 0 Å². The zero-order valence-electron chi connectivity index (χ0n) is 4.41. The van der Waals surface area contributed by atoms with Crippen molar-refractivity contribution in [2.45, 2.75) is 19.8 Å². The van der Waals surface area contributed by atoms with Crippen LogP contribution >= 0.6 is 0 Å². The van der Waals surface area contributed by atoms with E-state index in [4.69, 9.17) is 0 Å². The van der Waals surface area contributed by atoms with Crippen LogP contribution < -0.4 is 0 Å². The largest absolute Gasteiger partial charge is 0.0625 e. The van der Waals surface area contributed by atoms with Crippen molar-refractivity contribution in [2.24, 2.45) is 5.92 Å². The molecule has 0 heterocycles. The molecule has 0 saturated heterocycles. The normalized spacial score (nSPS) is 10.0. The van der Waals surface area contributed by atoms with Crippen molar-refractivity contribution in [3.63, 3.8) is 0 Å². The Kier molecular flexibility index (Phi) is 3.20. The molecule has 0 aromatic carbocycles. The van der Waals surface area contributed by atoms with Crippen molar-refractivity contribution in [1.82, 2.24) is 0 Å². The summed E-state index contributed by atoms with van der Waals surface area (Å²) in [5.41, 5.74) is 0. The standard InChI is InChI=1S/C6H12/c1-4-5-6(2)3/h6H,1-2,4-5H2,3H3. The highest BCUT2D eigenvalue weighted by Crippen LogP contribution is 1.99. The van der Waals surface area contributed by atoms with Crippen molar-refractivity contribution in [3.05, 3.63) is 13.8 Å². The second-order valence-corrected chi connectivity index (χ2v) is 1.75. The van der Waals surface area contributed by atoms with Gasteiger partial charge < -0.3 is 0 Å². The topological polar surface area (TPSA) is 0 Å². The van der Waals surface area contributed by atoms with Gasteiger partial charge in [0, 0.05) is 0 Å². The van der Waals surface area contributed by atoms with Gasteiger partial charge in [0.05, 0.1) is 0 Å². The molecule has 0 bridgehead atoms. The molecule has 0 saturated carbocycles. The maximum Gasteiger partial charge on any atom is -0.0443 e. The summed E-state index contributed by atoms with van der Waals surface area (Å²) in [7, 11) is 0. The highest BCUT2D eigenvalue weighted by Gasteiger charge is 1.85. The van der Waals surface area contributed by atoms with Gasteiger partial charge in [-0.15, -0.1) is 0 Å². The van der Waals surface area contributed by atoms with Crippen LogP contribution in [0.5, 0.6) is 0 Å². The molecule has 0 nitrogen and oxygen atoms in total. The third-order valence-electron chi connectivity index (χ3n) is 0.697. The van der Waals surface area contributed by atoms with Crippen molar-refractivity contribution < 1.29 is 0 Å². The lowest BCUT2D eigenvalue weighted by Crippen LogP contribution is -1.82. The fourth-order valence-electron chi connectivity index (χ4n) is 0.348. The SMILES string of the molecule is [CH2]CCC([CH2])C. The monoisotopic (exact) mass is 84.1 g/mol. The van der Waals surface area contributed by atoms with Crippen LogP contribution in [0.3, 0.4) is 0 Å². The second-order valence-electron chi connectivity index (χ2n) is 1.75. The van der Waals surface area contributed by atoms with Crippen LogP contribution in [0.4, 0.5) is 0 Å². The van der Waals surface area contributed by atoms with Crippen molar-refractivity contribution in [1.29, 1.82) is 0 Å². The van der Waals surface area contributed by atoms with Gasteiger partial charge in [0.2, 0.25) is 0 Å².